The normalized spacial score (nSPS) is 15.7. The van der Waals surface area contributed by atoms with E-state index in [9.17, 15) is 18.0 Å². The predicted octanol–water partition coefficient (Wildman–Crippen LogP) is 3.38. The number of oxazole rings is 1. The van der Waals surface area contributed by atoms with Gasteiger partial charge in [0, 0.05) is 43.7 Å². The van der Waals surface area contributed by atoms with Crippen LogP contribution in [0.5, 0.6) is 0 Å². The van der Waals surface area contributed by atoms with Crippen molar-refractivity contribution in [2.24, 2.45) is 5.92 Å². The number of hydrogen-bond donors (Lipinski definition) is 1. The number of rotatable bonds is 7. The number of hydrogen-bond acceptors (Lipinski definition) is 5. The molecule has 0 bridgehead atoms. The van der Waals surface area contributed by atoms with Gasteiger partial charge in [-0.2, -0.15) is 4.31 Å². The standard InChI is InChI=1S/C23H26ClN3O5S/c1-2-27-20-8-7-19(14-21(20)32-23(27)29)33(30,31)26-11-9-16(10-12-26)13-22(28)25-15-17-3-5-18(24)6-4-17/h3-8,14,16H,2,9-13,15H2,1H3,(H,25,28). The molecule has 33 heavy (non-hydrogen) atoms. The number of amides is 1. The van der Waals surface area contributed by atoms with Crippen LogP contribution in [0.15, 0.2) is 56.6 Å². The Bertz CT molecular complexity index is 1310. The van der Waals surface area contributed by atoms with Gasteiger partial charge in [-0.3, -0.25) is 9.36 Å². The molecule has 0 aliphatic carbocycles. The highest BCUT2D eigenvalue weighted by Gasteiger charge is 2.30. The average Bonchev–Trinajstić information content (AvgIpc) is 3.13. The van der Waals surface area contributed by atoms with Crippen LogP contribution in [0.3, 0.4) is 0 Å². The van der Waals surface area contributed by atoms with Gasteiger partial charge < -0.3 is 9.73 Å². The number of nitrogens with one attached hydrogen (secondary N) is 1. The Balaban J connectivity index is 1.34. The highest BCUT2D eigenvalue weighted by Crippen LogP contribution is 2.27. The lowest BCUT2D eigenvalue weighted by Crippen LogP contribution is -2.39. The summed E-state index contributed by atoms with van der Waals surface area (Å²) in [4.78, 5) is 24.3. The van der Waals surface area contributed by atoms with Crippen molar-refractivity contribution in [3.8, 4) is 0 Å². The van der Waals surface area contributed by atoms with Crippen LogP contribution >= 0.6 is 11.6 Å². The zero-order valence-electron chi connectivity index (χ0n) is 18.3. The fourth-order valence-corrected chi connectivity index (χ4v) is 5.76. The average molecular weight is 492 g/mol. The molecule has 1 aliphatic rings. The summed E-state index contributed by atoms with van der Waals surface area (Å²) in [5.41, 5.74) is 1.80. The van der Waals surface area contributed by atoms with E-state index in [1.54, 1.807) is 18.2 Å². The first-order valence-electron chi connectivity index (χ1n) is 10.9. The highest BCUT2D eigenvalue weighted by atomic mass is 35.5. The lowest BCUT2D eigenvalue weighted by molar-refractivity contribution is -0.122. The fourth-order valence-electron chi connectivity index (χ4n) is 4.15. The Kier molecular flexibility index (Phi) is 6.92. The molecule has 1 fully saturated rings. The number of piperidine rings is 1. The van der Waals surface area contributed by atoms with Crippen LogP contribution in [0, 0.1) is 5.92 Å². The van der Waals surface area contributed by atoms with E-state index >= 15 is 0 Å². The van der Waals surface area contributed by atoms with Gasteiger partial charge in [0.1, 0.15) is 0 Å². The SMILES string of the molecule is CCn1c(=O)oc2cc(S(=O)(=O)N3CCC(CC(=O)NCc4ccc(Cl)cc4)CC3)ccc21. The molecule has 1 saturated heterocycles. The molecule has 0 radical (unpaired) electrons. The minimum Gasteiger partial charge on any atom is -0.408 e. The maximum atomic E-state index is 13.1. The summed E-state index contributed by atoms with van der Waals surface area (Å²) >= 11 is 5.87. The van der Waals surface area contributed by atoms with Crippen LogP contribution in [-0.4, -0.2) is 36.3 Å². The number of benzene rings is 2. The first-order valence-corrected chi connectivity index (χ1v) is 12.7. The lowest BCUT2D eigenvalue weighted by atomic mass is 9.94. The zero-order chi connectivity index (χ0) is 23.6. The van der Waals surface area contributed by atoms with E-state index in [1.807, 2.05) is 19.1 Å². The van der Waals surface area contributed by atoms with Crippen molar-refractivity contribution in [3.05, 3.63) is 63.6 Å². The quantitative estimate of drug-likeness (QED) is 0.546. The number of carbonyl (C=O) groups is 1. The maximum absolute atomic E-state index is 13.1. The summed E-state index contributed by atoms with van der Waals surface area (Å²) in [5, 5.41) is 3.56. The Labute approximate surface area is 197 Å². The number of carbonyl (C=O) groups excluding carboxylic acids is 1. The second-order valence-electron chi connectivity index (χ2n) is 8.20. The Hall–Kier alpha value is -2.62. The van der Waals surface area contributed by atoms with E-state index in [-0.39, 0.29) is 22.3 Å². The van der Waals surface area contributed by atoms with E-state index in [1.165, 1.54) is 21.0 Å². The highest BCUT2D eigenvalue weighted by molar-refractivity contribution is 7.89. The molecule has 0 atom stereocenters. The number of nitrogens with zero attached hydrogens (tertiary/aromatic N) is 2. The summed E-state index contributed by atoms with van der Waals surface area (Å²) in [6.45, 7) is 3.38. The number of halogens is 1. The van der Waals surface area contributed by atoms with Gasteiger partial charge in [-0.1, -0.05) is 23.7 Å². The van der Waals surface area contributed by atoms with Gasteiger partial charge in [-0.15, -0.1) is 0 Å². The number of sulfonamides is 1. The molecule has 10 heteroatoms. The first-order chi connectivity index (χ1) is 15.8. The van der Waals surface area contributed by atoms with Gasteiger partial charge in [-0.25, -0.2) is 13.2 Å². The second-order valence-corrected chi connectivity index (χ2v) is 10.6. The third-order valence-corrected chi connectivity index (χ3v) is 8.19. The monoisotopic (exact) mass is 491 g/mol. The molecule has 2 aromatic carbocycles. The molecular formula is C23H26ClN3O5S. The van der Waals surface area contributed by atoms with Gasteiger partial charge in [0.05, 0.1) is 10.4 Å². The minimum atomic E-state index is -3.71. The molecule has 1 amide bonds. The summed E-state index contributed by atoms with van der Waals surface area (Å²) in [5.74, 6) is -0.426. The topological polar surface area (TPSA) is 102 Å². The van der Waals surface area contributed by atoms with Crippen LogP contribution in [0.2, 0.25) is 5.02 Å². The number of aryl methyl sites for hydroxylation is 1. The molecule has 8 nitrogen and oxygen atoms in total. The van der Waals surface area contributed by atoms with E-state index < -0.39 is 15.8 Å². The van der Waals surface area contributed by atoms with Crippen LogP contribution in [0.4, 0.5) is 0 Å². The second kappa shape index (κ2) is 9.70. The molecule has 4 rings (SSSR count). The van der Waals surface area contributed by atoms with Gasteiger partial charge in [-0.05, 0) is 55.5 Å². The maximum Gasteiger partial charge on any atom is 0.419 e. The Morgan fingerprint density at radius 1 is 1.15 bits per heavy atom. The first kappa shape index (κ1) is 23.5. The Morgan fingerprint density at radius 3 is 2.52 bits per heavy atom. The van der Waals surface area contributed by atoms with Crippen molar-refractivity contribution >= 4 is 38.6 Å². The van der Waals surface area contributed by atoms with Crippen LogP contribution < -0.4 is 11.1 Å². The third-order valence-electron chi connectivity index (χ3n) is 6.04. The summed E-state index contributed by atoms with van der Waals surface area (Å²) in [7, 11) is -3.71. The van der Waals surface area contributed by atoms with Gasteiger partial charge in [0.15, 0.2) is 5.58 Å². The summed E-state index contributed by atoms with van der Waals surface area (Å²) in [6.07, 6.45) is 1.58. The Morgan fingerprint density at radius 2 is 1.85 bits per heavy atom. The van der Waals surface area contributed by atoms with E-state index in [0.29, 0.717) is 56.0 Å². The zero-order valence-corrected chi connectivity index (χ0v) is 19.9. The van der Waals surface area contributed by atoms with Crippen LogP contribution in [-0.2, 0) is 27.9 Å². The number of fused-ring (bicyclic) bond motifs is 1. The molecule has 1 N–H and O–H groups in total. The van der Waals surface area contributed by atoms with Crippen molar-refractivity contribution in [2.45, 2.75) is 44.2 Å². The molecule has 2 heterocycles. The van der Waals surface area contributed by atoms with E-state index in [4.69, 9.17) is 16.0 Å². The van der Waals surface area contributed by atoms with Crippen molar-refractivity contribution < 1.29 is 17.6 Å². The summed E-state index contributed by atoms with van der Waals surface area (Å²) < 4.78 is 34.3. The number of aromatic nitrogens is 1. The molecule has 1 aromatic heterocycles. The lowest BCUT2D eigenvalue weighted by Gasteiger charge is -2.31. The van der Waals surface area contributed by atoms with E-state index in [2.05, 4.69) is 5.32 Å². The fraction of sp³-hybridized carbons (Fsp3) is 0.391. The van der Waals surface area contributed by atoms with Crippen LogP contribution in [0.25, 0.3) is 11.1 Å². The van der Waals surface area contributed by atoms with Gasteiger partial charge >= 0.3 is 5.76 Å². The summed E-state index contributed by atoms with van der Waals surface area (Å²) in [6, 6.07) is 11.8. The molecular weight excluding hydrogens is 466 g/mol. The molecule has 176 valence electrons. The molecule has 3 aromatic rings. The third kappa shape index (κ3) is 5.15. The van der Waals surface area contributed by atoms with Gasteiger partial charge in [0.25, 0.3) is 0 Å². The molecule has 0 spiro atoms. The largest absolute Gasteiger partial charge is 0.419 e. The smallest absolute Gasteiger partial charge is 0.408 e. The van der Waals surface area contributed by atoms with E-state index in [0.717, 1.165) is 5.56 Å². The molecule has 0 saturated carbocycles. The minimum absolute atomic E-state index is 0.0489. The molecule has 1 aliphatic heterocycles. The van der Waals surface area contributed by atoms with Crippen molar-refractivity contribution in [3.63, 3.8) is 0 Å². The van der Waals surface area contributed by atoms with Crippen molar-refractivity contribution in [2.75, 3.05) is 13.1 Å². The molecule has 0 unspecified atom stereocenters. The predicted molar refractivity (Wildman–Crippen MR) is 126 cm³/mol. The van der Waals surface area contributed by atoms with Gasteiger partial charge in [0.2, 0.25) is 15.9 Å². The van der Waals surface area contributed by atoms with Crippen LogP contribution in [0.1, 0.15) is 31.7 Å². The van der Waals surface area contributed by atoms with Crippen molar-refractivity contribution in [1.82, 2.24) is 14.2 Å². The van der Waals surface area contributed by atoms with Crippen molar-refractivity contribution in [1.29, 1.82) is 0 Å².